The fourth-order valence-corrected chi connectivity index (χ4v) is 8.47. The van der Waals surface area contributed by atoms with Gasteiger partial charge in [0.05, 0.1) is 0 Å². The van der Waals surface area contributed by atoms with Gasteiger partial charge in [0.2, 0.25) is 0 Å². The molecule has 5 nitrogen and oxygen atoms in total. The number of benzene rings is 1. The number of aromatic nitrogens is 3. The van der Waals surface area contributed by atoms with Gasteiger partial charge in [-0.2, -0.15) is 0 Å². The molecule has 0 amide bonds. The fraction of sp³-hybridized carbons (Fsp3) is 0.300. The first kappa shape index (κ1) is 19.3. The van der Waals surface area contributed by atoms with Gasteiger partial charge >= 0.3 is 176 Å². The van der Waals surface area contributed by atoms with Gasteiger partial charge in [0, 0.05) is 0 Å². The summed E-state index contributed by atoms with van der Waals surface area (Å²) in [5.41, 5.74) is 0.461. The molecule has 3 aromatic rings. The zero-order valence-corrected chi connectivity index (χ0v) is 19.8. The first-order valence-corrected chi connectivity index (χ1v) is 14.3. The molecule has 0 bridgehead atoms. The number of para-hydroxylation sites is 1. The molecular formula is C20H21F2N5Tl. The minimum atomic E-state index is -1.21. The van der Waals surface area contributed by atoms with E-state index in [9.17, 15) is 8.78 Å². The van der Waals surface area contributed by atoms with Gasteiger partial charge in [-0.3, -0.25) is 0 Å². The molecule has 0 radical (unpaired) electrons. The van der Waals surface area contributed by atoms with Crippen molar-refractivity contribution in [1.82, 2.24) is 14.8 Å². The number of hydrogen-bond donors (Lipinski definition) is 2. The second kappa shape index (κ2) is 8.97. The van der Waals surface area contributed by atoms with Crippen molar-refractivity contribution < 1.29 is 8.78 Å². The van der Waals surface area contributed by atoms with Crippen molar-refractivity contribution in [1.29, 1.82) is 0 Å². The third-order valence-electron chi connectivity index (χ3n) is 4.99. The fourth-order valence-electron chi connectivity index (χ4n) is 3.50. The maximum absolute atomic E-state index is 13.9. The molecule has 2 N–H and O–H groups in total. The van der Waals surface area contributed by atoms with Crippen LogP contribution in [-0.2, 0) is 0 Å². The van der Waals surface area contributed by atoms with Crippen LogP contribution in [0.2, 0.25) is 3.48 Å². The van der Waals surface area contributed by atoms with Gasteiger partial charge < -0.3 is 0 Å². The van der Waals surface area contributed by atoms with Gasteiger partial charge in [0.1, 0.15) is 0 Å². The number of nitrogens with one attached hydrogen (secondary N) is 2. The summed E-state index contributed by atoms with van der Waals surface area (Å²) in [6, 6.07) is 13.7. The number of pyridine rings is 1. The number of hydrogen-bond acceptors (Lipinski definition) is 4. The van der Waals surface area contributed by atoms with E-state index in [-0.39, 0.29) is 5.82 Å². The Labute approximate surface area is 175 Å². The van der Waals surface area contributed by atoms with Crippen molar-refractivity contribution in [2.75, 3.05) is 8.44 Å². The van der Waals surface area contributed by atoms with E-state index in [0.29, 0.717) is 17.5 Å². The van der Waals surface area contributed by atoms with Crippen LogP contribution in [0.25, 0.3) is 5.69 Å². The zero-order valence-electron chi connectivity index (χ0n) is 15.4. The van der Waals surface area contributed by atoms with Crippen LogP contribution in [0.15, 0.2) is 54.7 Å². The minimum absolute atomic E-state index is 0.279. The summed E-state index contributed by atoms with van der Waals surface area (Å²) in [6.07, 6.45) is 6.28. The Morgan fingerprint density at radius 3 is 2.54 bits per heavy atom. The van der Waals surface area contributed by atoms with E-state index in [1.165, 1.54) is 25.0 Å². The summed E-state index contributed by atoms with van der Waals surface area (Å²) in [5, 5.41) is 7.81. The van der Waals surface area contributed by atoms with Crippen molar-refractivity contribution in [2.24, 2.45) is 0 Å². The SMILES string of the molecule is Fc1cccc(NC2CC[CH]([Tl][NH]c3ccn(-c4ccccc4F)n3)CC2)n1. The summed E-state index contributed by atoms with van der Waals surface area (Å²) in [4.78, 5) is 3.88. The summed E-state index contributed by atoms with van der Waals surface area (Å²) in [7, 11) is 0. The molecule has 0 spiro atoms. The zero-order chi connectivity index (χ0) is 19.3. The number of halogens is 2. The van der Waals surface area contributed by atoms with Crippen molar-refractivity contribution in [3.05, 3.63) is 66.5 Å². The van der Waals surface area contributed by atoms with Crippen LogP contribution in [-0.4, -0.2) is 45.3 Å². The average Bonchev–Trinajstić information content (AvgIpc) is 3.17. The molecule has 143 valence electrons. The molecule has 1 aliphatic carbocycles. The summed E-state index contributed by atoms with van der Waals surface area (Å²) < 4.78 is 33.0. The molecule has 0 aliphatic heterocycles. The van der Waals surface area contributed by atoms with E-state index in [1.54, 1.807) is 35.1 Å². The molecular weight excluding hydrogens is 553 g/mol. The van der Waals surface area contributed by atoms with E-state index >= 15 is 0 Å². The Hall–Kier alpha value is -2.04. The molecule has 0 saturated heterocycles. The molecule has 0 atom stereocenters. The molecule has 2 aromatic heterocycles. The van der Waals surface area contributed by atoms with Crippen molar-refractivity contribution in [3.63, 3.8) is 0 Å². The molecule has 0 unspecified atom stereocenters. The van der Waals surface area contributed by atoms with Crippen LogP contribution in [0.3, 0.4) is 0 Å². The van der Waals surface area contributed by atoms with E-state index in [2.05, 4.69) is 18.5 Å². The van der Waals surface area contributed by atoms with E-state index in [0.717, 1.165) is 22.1 Å². The molecule has 1 aromatic carbocycles. The van der Waals surface area contributed by atoms with E-state index in [4.69, 9.17) is 0 Å². The van der Waals surface area contributed by atoms with Crippen LogP contribution in [0.5, 0.6) is 0 Å². The number of rotatable bonds is 6. The van der Waals surface area contributed by atoms with Crippen LogP contribution >= 0.6 is 0 Å². The molecule has 8 heteroatoms. The standard InChI is InChI=1S/C11H14FN2.C9H7FN3.Tl/c12-10-7-4-8-11(14-10)13-9-5-2-1-3-6-9;10-7-3-1-2-4-8(7)13-6-5-9(11)12-13;/h1,4,7-9H,2-3,5-6H2,(H,13,14);1-6H,(H-,11,12);/q;-1;+1. The topological polar surface area (TPSA) is 54.8 Å². The summed E-state index contributed by atoms with van der Waals surface area (Å²) in [5.74, 6) is 0.721. The third-order valence-corrected chi connectivity index (χ3v) is 11.2. The predicted octanol–water partition coefficient (Wildman–Crippen LogP) is 4.42. The van der Waals surface area contributed by atoms with Crippen LogP contribution in [0.1, 0.15) is 25.7 Å². The molecule has 2 heterocycles. The van der Waals surface area contributed by atoms with Gasteiger partial charge in [0.15, 0.2) is 0 Å². The Morgan fingerprint density at radius 1 is 0.929 bits per heavy atom. The summed E-state index contributed by atoms with van der Waals surface area (Å²) in [6.45, 7) is 0. The van der Waals surface area contributed by atoms with Gasteiger partial charge in [-0.1, -0.05) is 0 Å². The molecule has 1 fully saturated rings. The first-order valence-electron chi connectivity index (χ1n) is 9.47. The average molecular weight is 574 g/mol. The van der Waals surface area contributed by atoms with Gasteiger partial charge in [-0.05, 0) is 0 Å². The van der Waals surface area contributed by atoms with Crippen molar-refractivity contribution in [3.8, 4) is 5.69 Å². The van der Waals surface area contributed by atoms with E-state index < -0.39 is 30.5 Å². The molecule has 4 rings (SSSR count). The maximum atomic E-state index is 13.9. The predicted molar refractivity (Wildman–Crippen MR) is 107 cm³/mol. The first-order chi connectivity index (χ1) is 13.7. The van der Waals surface area contributed by atoms with Gasteiger partial charge in [-0.15, -0.1) is 0 Å². The Kier molecular flexibility index (Phi) is 6.18. The number of nitrogens with zero attached hydrogens (tertiary/aromatic N) is 3. The van der Waals surface area contributed by atoms with Crippen molar-refractivity contribution >= 4 is 36.2 Å². The van der Waals surface area contributed by atoms with Crippen LogP contribution in [0, 0.1) is 11.8 Å². The molecule has 1 saturated carbocycles. The third kappa shape index (κ3) is 4.86. The second-order valence-electron chi connectivity index (χ2n) is 7.01. The quantitative estimate of drug-likeness (QED) is 0.339. The summed E-state index contributed by atoms with van der Waals surface area (Å²) >= 11 is -1.21. The Bertz CT molecular complexity index is 924. The monoisotopic (exact) mass is 574 g/mol. The van der Waals surface area contributed by atoms with E-state index in [1.807, 2.05) is 12.1 Å². The molecule has 28 heavy (non-hydrogen) atoms. The Balaban J connectivity index is 1.25. The second-order valence-corrected chi connectivity index (χ2v) is 13.1. The van der Waals surface area contributed by atoms with Crippen LogP contribution in [0.4, 0.5) is 20.4 Å². The normalized spacial score (nSPS) is 19.1. The van der Waals surface area contributed by atoms with Crippen LogP contribution < -0.4 is 8.44 Å². The van der Waals surface area contributed by atoms with Gasteiger partial charge in [0.25, 0.3) is 0 Å². The van der Waals surface area contributed by atoms with Crippen molar-refractivity contribution in [2.45, 2.75) is 35.2 Å². The molecule has 1 aliphatic rings. The number of anilines is 2. The van der Waals surface area contributed by atoms with Gasteiger partial charge in [-0.25, -0.2) is 0 Å². The Morgan fingerprint density at radius 2 is 1.75 bits per heavy atom.